The minimum Gasteiger partial charge on any atom is -0.474 e. The zero-order valence-electron chi connectivity index (χ0n) is 18.8. The highest BCUT2D eigenvalue weighted by Gasteiger charge is 2.34. The first-order chi connectivity index (χ1) is 13.7. The van der Waals surface area contributed by atoms with E-state index in [0.717, 1.165) is 38.0 Å². The Morgan fingerprint density at radius 3 is 2.55 bits per heavy atom. The number of thioether (sulfide) groups is 1. The highest BCUT2D eigenvalue weighted by molar-refractivity contribution is 8.01. The lowest BCUT2D eigenvalue weighted by molar-refractivity contribution is -0.122. The monoisotopic (exact) mass is 427 g/mol. The lowest BCUT2D eigenvalue weighted by atomic mass is 9.90. The average Bonchev–Trinajstić information content (AvgIpc) is 2.68. The van der Waals surface area contributed by atoms with Crippen molar-refractivity contribution in [3.05, 3.63) is 23.1 Å². The summed E-state index contributed by atoms with van der Waals surface area (Å²) in [6.07, 6.45) is 4.76. The maximum atomic E-state index is 13.0. The van der Waals surface area contributed by atoms with Gasteiger partial charge in [0.1, 0.15) is 6.61 Å². The number of hydrogen-bond acceptors (Lipinski definition) is 6. The summed E-state index contributed by atoms with van der Waals surface area (Å²) in [5.41, 5.74) is 1.75. The molecule has 6 nitrogen and oxygen atoms in total. The Labute approximate surface area is 179 Å². The molecule has 0 spiro atoms. The van der Waals surface area contributed by atoms with E-state index in [1.54, 1.807) is 18.9 Å². The van der Waals surface area contributed by atoms with Crippen molar-refractivity contribution in [3.8, 4) is 0 Å². The van der Waals surface area contributed by atoms with Crippen LogP contribution in [0.1, 0.15) is 53.9 Å². The van der Waals surface area contributed by atoms with Crippen molar-refractivity contribution in [2.75, 3.05) is 40.1 Å². The number of rotatable bonds is 10. The zero-order chi connectivity index (χ0) is 21.5. The third-order valence-electron chi connectivity index (χ3n) is 5.30. The molecule has 0 unspecified atom stereocenters. The van der Waals surface area contributed by atoms with Gasteiger partial charge in [-0.3, -0.25) is 10.1 Å². The zero-order valence-corrected chi connectivity index (χ0v) is 19.6. The van der Waals surface area contributed by atoms with Crippen molar-refractivity contribution < 1.29 is 23.7 Å². The summed E-state index contributed by atoms with van der Waals surface area (Å²) in [5.74, 6) is 0.448. The second-order valence-electron chi connectivity index (χ2n) is 8.41. The molecule has 29 heavy (non-hydrogen) atoms. The van der Waals surface area contributed by atoms with Crippen LogP contribution in [0.25, 0.3) is 0 Å². The number of carbonyl (C=O) groups excluding carboxylic acids is 1. The Balaban J connectivity index is 2.07. The molecule has 2 heterocycles. The largest absolute Gasteiger partial charge is 0.474 e. The standard InChI is InChI=1S/C22H37NO5S/c1-7-16-15-27-19(14-18(16)21(2,3)28-13-12-25-6)23-20(24)22(4,5)29-17-8-10-26-11-9-17/h14,17H,7-13,15H2,1-6H3,(H,23,24). The number of methoxy groups -OCH3 is 1. The maximum absolute atomic E-state index is 13.0. The first-order valence-corrected chi connectivity index (χ1v) is 11.3. The smallest absolute Gasteiger partial charge is 0.242 e. The summed E-state index contributed by atoms with van der Waals surface area (Å²) in [7, 11) is 1.66. The summed E-state index contributed by atoms with van der Waals surface area (Å²) >= 11 is 1.72. The molecule has 1 fully saturated rings. The van der Waals surface area contributed by atoms with Crippen molar-refractivity contribution in [1.29, 1.82) is 0 Å². The molecule has 0 atom stereocenters. The summed E-state index contributed by atoms with van der Waals surface area (Å²) in [6.45, 7) is 13.2. The average molecular weight is 428 g/mol. The van der Waals surface area contributed by atoms with Gasteiger partial charge in [-0.25, -0.2) is 0 Å². The van der Waals surface area contributed by atoms with Gasteiger partial charge in [0.25, 0.3) is 0 Å². The molecule has 0 aromatic rings. The van der Waals surface area contributed by atoms with E-state index in [-0.39, 0.29) is 5.91 Å². The Kier molecular flexibility index (Phi) is 9.07. The van der Waals surface area contributed by atoms with Crippen LogP contribution >= 0.6 is 11.8 Å². The van der Waals surface area contributed by atoms with Gasteiger partial charge in [0.05, 0.1) is 23.6 Å². The quantitative estimate of drug-likeness (QED) is 0.535. The molecular formula is C22H37NO5S. The van der Waals surface area contributed by atoms with Crippen molar-refractivity contribution in [1.82, 2.24) is 5.32 Å². The fourth-order valence-corrected chi connectivity index (χ4v) is 4.89. The fourth-order valence-electron chi connectivity index (χ4n) is 3.47. The molecule has 0 aromatic carbocycles. The summed E-state index contributed by atoms with van der Waals surface area (Å²) in [4.78, 5) is 13.0. The molecule has 166 valence electrons. The van der Waals surface area contributed by atoms with Crippen LogP contribution in [0.4, 0.5) is 0 Å². The van der Waals surface area contributed by atoms with E-state index in [1.807, 2.05) is 33.8 Å². The number of amides is 1. The lowest BCUT2D eigenvalue weighted by Crippen LogP contribution is -2.42. The molecule has 0 radical (unpaired) electrons. The van der Waals surface area contributed by atoms with E-state index >= 15 is 0 Å². The molecular weight excluding hydrogens is 390 g/mol. The number of hydrogen-bond donors (Lipinski definition) is 1. The van der Waals surface area contributed by atoms with E-state index in [2.05, 4.69) is 12.2 Å². The highest BCUT2D eigenvalue weighted by Crippen LogP contribution is 2.35. The van der Waals surface area contributed by atoms with Gasteiger partial charge >= 0.3 is 0 Å². The lowest BCUT2D eigenvalue weighted by Gasteiger charge is -2.34. The summed E-state index contributed by atoms with van der Waals surface area (Å²) < 4.78 is 21.9. The number of carbonyl (C=O) groups is 1. The number of nitrogens with one attached hydrogen (secondary N) is 1. The molecule has 2 aliphatic heterocycles. The van der Waals surface area contributed by atoms with Crippen LogP contribution in [0.2, 0.25) is 0 Å². The van der Waals surface area contributed by atoms with Crippen LogP contribution in [0.5, 0.6) is 0 Å². The fraction of sp³-hybridized carbons (Fsp3) is 0.773. The van der Waals surface area contributed by atoms with Gasteiger partial charge in [-0.1, -0.05) is 6.92 Å². The van der Waals surface area contributed by atoms with Crippen molar-refractivity contribution in [3.63, 3.8) is 0 Å². The van der Waals surface area contributed by atoms with Crippen LogP contribution in [0, 0.1) is 0 Å². The Morgan fingerprint density at radius 1 is 1.24 bits per heavy atom. The Morgan fingerprint density at radius 2 is 1.93 bits per heavy atom. The van der Waals surface area contributed by atoms with Gasteiger partial charge in [0.15, 0.2) is 5.88 Å². The predicted molar refractivity (Wildman–Crippen MR) is 117 cm³/mol. The van der Waals surface area contributed by atoms with E-state index in [4.69, 9.17) is 18.9 Å². The van der Waals surface area contributed by atoms with Crippen LogP contribution in [0.3, 0.4) is 0 Å². The first kappa shape index (κ1) is 24.3. The Bertz CT molecular complexity index is 621. The summed E-state index contributed by atoms with van der Waals surface area (Å²) in [6, 6.07) is 0. The molecule has 2 rings (SSSR count). The van der Waals surface area contributed by atoms with Crippen LogP contribution in [-0.4, -0.2) is 61.6 Å². The third-order valence-corrected chi connectivity index (χ3v) is 6.88. The Hall–Kier alpha value is -1.02. The van der Waals surface area contributed by atoms with Gasteiger partial charge in [-0.2, -0.15) is 0 Å². The molecule has 0 aliphatic carbocycles. The second-order valence-corrected chi connectivity index (χ2v) is 10.3. The molecule has 0 bridgehead atoms. The topological polar surface area (TPSA) is 66.0 Å². The third kappa shape index (κ3) is 7.02. The van der Waals surface area contributed by atoms with Gasteiger partial charge in [0.2, 0.25) is 5.91 Å². The summed E-state index contributed by atoms with van der Waals surface area (Å²) in [5, 5.41) is 3.44. The van der Waals surface area contributed by atoms with Crippen molar-refractivity contribution in [2.24, 2.45) is 0 Å². The van der Waals surface area contributed by atoms with E-state index < -0.39 is 10.3 Å². The highest BCUT2D eigenvalue weighted by atomic mass is 32.2. The van der Waals surface area contributed by atoms with E-state index in [1.165, 1.54) is 5.57 Å². The molecule has 1 N–H and O–H groups in total. The van der Waals surface area contributed by atoms with Crippen molar-refractivity contribution >= 4 is 17.7 Å². The minimum absolute atomic E-state index is 0.0438. The van der Waals surface area contributed by atoms with E-state index in [0.29, 0.717) is 31.0 Å². The molecule has 7 heteroatoms. The maximum Gasteiger partial charge on any atom is 0.242 e. The molecule has 0 aromatic heterocycles. The van der Waals surface area contributed by atoms with Crippen LogP contribution in [-0.2, 0) is 23.7 Å². The van der Waals surface area contributed by atoms with Crippen molar-refractivity contribution in [2.45, 2.75) is 69.5 Å². The van der Waals surface area contributed by atoms with Gasteiger partial charge < -0.3 is 18.9 Å². The first-order valence-electron chi connectivity index (χ1n) is 10.5. The van der Waals surface area contributed by atoms with Crippen LogP contribution in [0.15, 0.2) is 23.1 Å². The molecule has 2 aliphatic rings. The number of ether oxygens (including phenoxy) is 4. The van der Waals surface area contributed by atoms with Gasteiger partial charge in [-0.15, -0.1) is 11.8 Å². The normalized spacial score (nSPS) is 19.0. The SMILES string of the molecule is CCC1=C(C(C)(C)OCCOC)C=C(NC(=O)C(C)(C)SC2CCOCC2)OC1. The molecule has 0 saturated carbocycles. The minimum atomic E-state index is -0.550. The predicted octanol–water partition coefficient (Wildman–Crippen LogP) is 3.81. The van der Waals surface area contributed by atoms with Gasteiger partial charge in [0, 0.05) is 31.6 Å². The second kappa shape index (κ2) is 10.8. The van der Waals surface area contributed by atoms with Crippen LogP contribution < -0.4 is 5.32 Å². The van der Waals surface area contributed by atoms with E-state index in [9.17, 15) is 4.79 Å². The molecule has 1 saturated heterocycles. The molecule has 1 amide bonds. The van der Waals surface area contributed by atoms with Gasteiger partial charge in [-0.05, 0) is 58.1 Å².